The summed E-state index contributed by atoms with van der Waals surface area (Å²) in [6.07, 6.45) is -0.348. The van der Waals surface area contributed by atoms with Crippen LogP contribution in [0.15, 0.2) is 16.8 Å². The highest BCUT2D eigenvalue weighted by Crippen LogP contribution is 2.22. The first kappa shape index (κ1) is 14.0. The van der Waals surface area contributed by atoms with Crippen molar-refractivity contribution in [2.45, 2.75) is 32.4 Å². The summed E-state index contributed by atoms with van der Waals surface area (Å²) >= 11 is 1.59. The number of thiophene rings is 1. The van der Waals surface area contributed by atoms with Gasteiger partial charge in [0.25, 0.3) is 0 Å². The lowest BCUT2D eigenvalue weighted by atomic mass is 10.1. The van der Waals surface area contributed by atoms with Gasteiger partial charge in [0.15, 0.2) is 0 Å². The van der Waals surface area contributed by atoms with E-state index >= 15 is 0 Å². The van der Waals surface area contributed by atoms with E-state index in [1.807, 2.05) is 37.6 Å². The van der Waals surface area contributed by atoms with Gasteiger partial charge in [0.2, 0.25) is 0 Å². The van der Waals surface area contributed by atoms with E-state index in [9.17, 15) is 4.79 Å². The molecule has 2 N–H and O–H groups in total. The Morgan fingerprint density at radius 1 is 1.59 bits per heavy atom. The standard InChI is InChI=1S/C12H20N2O2S/c1-12(2,3)16-11(15)14(4)10(7-13)9-5-6-17-8-9/h5-6,8,10H,7,13H2,1-4H3. The molecule has 0 radical (unpaired) electrons. The molecule has 0 spiro atoms. The van der Waals surface area contributed by atoms with Gasteiger partial charge in [-0.05, 0) is 43.2 Å². The average Bonchev–Trinajstić information content (AvgIpc) is 2.69. The maximum atomic E-state index is 11.9. The van der Waals surface area contributed by atoms with Crippen LogP contribution in [0.5, 0.6) is 0 Å². The van der Waals surface area contributed by atoms with Crippen molar-refractivity contribution in [2.75, 3.05) is 13.6 Å². The van der Waals surface area contributed by atoms with E-state index in [0.717, 1.165) is 5.56 Å². The molecule has 5 heteroatoms. The van der Waals surface area contributed by atoms with Gasteiger partial charge in [-0.15, -0.1) is 0 Å². The summed E-state index contributed by atoms with van der Waals surface area (Å²) in [4.78, 5) is 13.5. The molecule has 1 atom stereocenters. The predicted molar refractivity (Wildman–Crippen MR) is 70.1 cm³/mol. The lowest BCUT2D eigenvalue weighted by Gasteiger charge is -2.29. The zero-order valence-corrected chi connectivity index (χ0v) is 11.6. The zero-order valence-electron chi connectivity index (χ0n) is 10.8. The molecule has 1 rings (SSSR count). The molecule has 1 unspecified atom stereocenters. The molecule has 0 saturated carbocycles. The molecular formula is C12H20N2O2S. The largest absolute Gasteiger partial charge is 0.444 e. The van der Waals surface area contributed by atoms with Crippen molar-refractivity contribution in [3.8, 4) is 0 Å². The van der Waals surface area contributed by atoms with Gasteiger partial charge in [-0.1, -0.05) is 0 Å². The highest BCUT2D eigenvalue weighted by atomic mass is 32.1. The third-order valence-corrected chi connectivity index (χ3v) is 3.00. The second kappa shape index (κ2) is 5.51. The van der Waals surface area contributed by atoms with Crippen LogP contribution in [0.25, 0.3) is 0 Å². The van der Waals surface area contributed by atoms with Crippen molar-refractivity contribution in [3.63, 3.8) is 0 Å². The van der Waals surface area contributed by atoms with Gasteiger partial charge >= 0.3 is 6.09 Å². The van der Waals surface area contributed by atoms with Crippen LogP contribution in [0, 0.1) is 0 Å². The monoisotopic (exact) mass is 256 g/mol. The second-order valence-electron chi connectivity index (χ2n) is 4.90. The molecule has 0 aromatic carbocycles. The zero-order chi connectivity index (χ0) is 13.1. The lowest BCUT2D eigenvalue weighted by molar-refractivity contribution is 0.0226. The molecule has 0 aliphatic heterocycles. The fourth-order valence-corrected chi connectivity index (χ4v) is 2.15. The maximum absolute atomic E-state index is 11.9. The number of rotatable bonds is 3. The van der Waals surface area contributed by atoms with Crippen LogP contribution in [0.4, 0.5) is 4.79 Å². The first-order valence-electron chi connectivity index (χ1n) is 5.53. The molecule has 0 saturated heterocycles. The highest BCUT2D eigenvalue weighted by Gasteiger charge is 2.25. The Morgan fingerprint density at radius 2 is 2.24 bits per heavy atom. The van der Waals surface area contributed by atoms with Crippen molar-refractivity contribution in [2.24, 2.45) is 5.73 Å². The summed E-state index contributed by atoms with van der Waals surface area (Å²) in [5.74, 6) is 0. The van der Waals surface area contributed by atoms with Crippen LogP contribution in [0.1, 0.15) is 32.4 Å². The molecule has 1 amide bonds. The number of carbonyl (C=O) groups is 1. The van der Waals surface area contributed by atoms with Gasteiger partial charge < -0.3 is 15.4 Å². The number of hydrogen-bond acceptors (Lipinski definition) is 4. The smallest absolute Gasteiger partial charge is 0.410 e. The number of ether oxygens (including phenoxy) is 1. The van der Waals surface area contributed by atoms with E-state index in [1.165, 1.54) is 0 Å². The number of carbonyl (C=O) groups excluding carboxylic acids is 1. The van der Waals surface area contributed by atoms with Crippen molar-refractivity contribution >= 4 is 17.4 Å². The molecule has 1 aromatic rings. The van der Waals surface area contributed by atoms with Crippen LogP contribution in [-0.4, -0.2) is 30.2 Å². The molecule has 1 heterocycles. The fourth-order valence-electron chi connectivity index (χ4n) is 1.44. The van der Waals surface area contributed by atoms with Crippen LogP contribution in [-0.2, 0) is 4.74 Å². The maximum Gasteiger partial charge on any atom is 0.410 e. The highest BCUT2D eigenvalue weighted by molar-refractivity contribution is 7.07. The Kier molecular flexibility index (Phi) is 4.54. The summed E-state index contributed by atoms with van der Waals surface area (Å²) in [5, 5.41) is 3.97. The quantitative estimate of drug-likeness (QED) is 0.904. The average molecular weight is 256 g/mol. The van der Waals surface area contributed by atoms with Gasteiger partial charge in [0.05, 0.1) is 6.04 Å². The Balaban J connectivity index is 2.73. The van der Waals surface area contributed by atoms with Crippen molar-refractivity contribution in [3.05, 3.63) is 22.4 Å². The molecule has 0 fully saturated rings. The Hall–Kier alpha value is -1.07. The summed E-state index contributed by atoms with van der Waals surface area (Å²) in [6, 6.07) is 1.85. The Labute approximate surface area is 106 Å². The molecule has 4 nitrogen and oxygen atoms in total. The van der Waals surface area contributed by atoms with Crippen molar-refractivity contribution in [1.29, 1.82) is 0 Å². The topological polar surface area (TPSA) is 55.6 Å². The van der Waals surface area contributed by atoms with Crippen LogP contribution < -0.4 is 5.73 Å². The van der Waals surface area contributed by atoms with Crippen molar-refractivity contribution in [1.82, 2.24) is 4.90 Å². The number of nitrogens with two attached hydrogens (primary N) is 1. The molecular weight excluding hydrogens is 236 g/mol. The number of nitrogens with zero attached hydrogens (tertiary/aromatic N) is 1. The van der Waals surface area contributed by atoms with Crippen LogP contribution in [0.2, 0.25) is 0 Å². The van der Waals surface area contributed by atoms with E-state index in [1.54, 1.807) is 23.3 Å². The number of amides is 1. The van der Waals surface area contributed by atoms with Gasteiger partial charge in [-0.3, -0.25) is 0 Å². The van der Waals surface area contributed by atoms with Gasteiger partial charge in [0.1, 0.15) is 5.60 Å². The molecule has 1 aromatic heterocycles. The van der Waals surface area contributed by atoms with E-state index in [2.05, 4.69) is 0 Å². The van der Waals surface area contributed by atoms with E-state index in [-0.39, 0.29) is 12.1 Å². The summed E-state index contributed by atoms with van der Waals surface area (Å²) in [7, 11) is 1.71. The second-order valence-corrected chi connectivity index (χ2v) is 5.68. The third-order valence-electron chi connectivity index (χ3n) is 2.30. The van der Waals surface area contributed by atoms with Crippen molar-refractivity contribution < 1.29 is 9.53 Å². The third kappa shape index (κ3) is 4.02. The number of likely N-dealkylation sites (N-methyl/N-ethyl adjacent to an activating group) is 1. The first-order chi connectivity index (χ1) is 7.85. The molecule has 0 aliphatic carbocycles. The molecule has 0 aliphatic rings. The summed E-state index contributed by atoms with van der Waals surface area (Å²) in [5.41, 5.74) is 6.28. The SMILES string of the molecule is CN(C(=O)OC(C)(C)C)C(CN)c1ccsc1. The summed E-state index contributed by atoms with van der Waals surface area (Å²) < 4.78 is 5.32. The van der Waals surface area contributed by atoms with Crippen LogP contribution >= 0.6 is 11.3 Å². The van der Waals surface area contributed by atoms with Crippen LogP contribution in [0.3, 0.4) is 0 Å². The minimum Gasteiger partial charge on any atom is -0.444 e. The number of hydrogen-bond donors (Lipinski definition) is 1. The fraction of sp³-hybridized carbons (Fsp3) is 0.583. The molecule has 96 valence electrons. The van der Waals surface area contributed by atoms with E-state index < -0.39 is 5.60 Å². The van der Waals surface area contributed by atoms with Gasteiger partial charge in [0, 0.05) is 13.6 Å². The minimum atomic E-state index is -0.487. The van der Waals surface area contributed by atoms with Gasteiger partial charge in [-0.25, -0.2) is 4.79 Å². The van der Waals surface area contributed by atoms with E-state index in [4.69, 9.17) is 10.5 Å². The first-order valence-corrected chi connectivity index (χ1v) is 6.47. The van der Waals surface area contributed by atoms with Gasteiger partial charge in [-0.2, -0.15) is 11.3 Å². The minimum absolute atomic E-state index is 0.129. The summed E-state index contributed by atoms with van der Waals surface area (Å²) in [6.45, 7) is 5.93. The lowest BCUT2D eigenvalue weighted by Crippen LogP contribution is -2.39. The molecule has 0 bridgehead atoms. The normalized spacial score (nSPS) is 13.2. The van der Waals surface area contributed by atoms with E-state index in [0.29, 0.717) is 6.54 Å². The predicted octanol–water partition coefficient (Wildman–Crippen LogP) is 2.61. The Bertz CT molecular complexity index is 357. The molecule has 17 heavy (non-hydrogen) atoms. The Morgan fingerprint density at radius 3 is 2.65 bits per heavy atom.